The van der Waals surface area contributed by atoms with Crippen LogP contribution in [0.25, 0.3) is 11.0 Å². The molecule has 2 nitrogen and oxygen atoms in total. The van der Waals surface area contributed by atoms with E-state index in [0.717, 1.165) is 31.0 Å². The van der Waals surface area contributed by atoms with Crippen molar-refractivity contribution in [2.45, 2.75) is 18.8 Å². The van der Waals surface area contributed by atoms with Crippen LogP contribution in [0.2, 0.25) is 0 Å². The third kappa shape index (κ3) is 2.21. The van der Waals surface area contributed by atoms with Gasteiger partial charge in [0.25, 0.3) is 0 Å². The van der Waals surface area contributed by atoms with Gasteiger partial charge in [-0.05, 0) is 38.1 Å². The van der Waals surface area contributed by atoms with E-state index in [2.05, 4.69) is 29.7 Å². The summed E-state index contributed by atoms with van der Waals surface area (Å²) in [5.74, 6) is 1.74. The van der Waals surface area contributed by atoms with Crippen LogP contribution in [0.15, 0.2) is 47.4 Å². The summed E-state index contributed by atoms with van der Waals surface area (Å²) in [4.78, 5) is 2.45. The summed E-state index contributed by atoms with van der Waals surface area (Å²) in [7, 11) is 0. The quantitative estimate of drug-likeness (QED) is 0.760. The Hall–Kier alpha value is -1.54. The molecule has 1 saturated heterocycles. The van der Waals surface area contributed by atoms with Gasteiger partial charge in [0.2, 0.25) is 0 Å². The van der Waals surface area contributed by atoms with Crippen LogP contribution in [0, 0.1) is 0 Å². The molecular weight excluding hydrogens is 222 g/mol. The molecule has 2 heterocycles. The maximum atomic E-state index is 5.96. The first-order valence-electron chi connectivity index (χ1n) is 6.68. The zero-order valence-corrected chi connectivity index (χ0v) is 10.6. The smallest absolute Gasteiger partial charge is 0.134 e. The molecule has 1 aliphatic heterocycles. The average molecular weight is 241 g/mol. The minimum atomic E-state index is 0.582. The highest BCUT2D eigenvalue weighted by Crippen LogP contribution is 2.32. The molecule has 18 heavy (non-hydrogen) atoms. The van der Waals surface area contributed by atoms with Crippen molar-refractivity contribution in [1.82, 2.24) is 4.90 Å². The van der Waals surface area contributed by atoms with Crippen LogP contribution in [0.4, 0.5) is 0 Å². The fourth-order valence-electron chi connectivity index (χ4n) is 2.79. The Balaban J connectivity index is 1.74. The monoisotopic (exact) mass is 241 g/mol. The summed E-state index contributed by atoms with van der Waals surface area (Å²) < 4.78 is 5.96. The second kappa shape index (κ2) is 4.99. The standard InChI is InChI=1S/C16H19NO/c1-2-9-17-10-7-13(8-11-17)16-12-14-5-3-4-6-15(14)18-16/h2-6,12-13H,1,7-11H2. The Bertz CT molecular complexity index is 502. The lowest BCUT2D eigenvalue weighted by Gasteiger charge is -2.29. The molecule has 1 aromatic heterocycles. The van der Waals surface area contributed by atoms with Gasteiger partial charge in [-0.2, -0.15) is 0 Å². The van der Waals surface area contributed by atoms with Gasteiger partial charge in [0, 0.05) is 17.8 Å². The number of hydrogen-bond donors (Lipinski definition) is 0. The van der Waals surface area contributed by atoms with E-state index in [1.807, 2.05) is 18.2 Å². The highest BCUT2D eigenvalue weighted by Gasteiger charge is 2.22. The van der Waals surface area contributed by atoms with Crippen LogP contribution >= 0.6 is 0 Å². The first-order valence-corrected chi connectivity index (χ1v) is 6.68. The van der Waals surface area contributed by atoms with Gasteiger partial charge >= 0.3 is 0 Å². The van der Waals surface area contributed by atoms with E-state index < -0.39 is 0 Å². The Morgan fingerprint density at radius 3 is 2.78 bits per heavy atom. The molecular formula is C16H19NO. The lowest BCUT2D eigenvalue weighted by molar-refractivity contribution is 0.222. The first kappa shape index (κ1) is 11.5. The number of piperidine rings is 1. The number of fused-ring (bicyclic) bond motifs is 1. The predicted molar refractivity (Wildman–Crippen MR) is 74.8 cm³/mol. The lowest BCUT2D eigenvalue weighted by Crippen LogP contribution is -2.32. The maximum absolute atomic E-state index is 5.96. The van der Waals surface area contributed by atoms with Gasteiger partial charge in [-0.1, -0.05) is 24.3 Å². The minimum Gasteiger partial charge on any atom is -0.461 e. The SMILES string of the molecule is C=CCN1CCC(c2cc3ccccc3o2)CC1. The minimum absolute atomic E-state index is 0.582. The molecule has 0 radical (unpaired) electrons. The molecule has 0 atom stereocenters. The molecule has 0 bridgehead atoms. The number of para-hydroxylation sites is 1. The fraction of sp³-hybridized carbons (Fsp3) is 0.375. The highest BCUT2D eigenvalue weighted by atomic mass is 16.3. The second-order valence-corrected chi connectivity index (χ2v) is 5.05. The van der Waals surface area contributed by atoms with Gasteiger partial charge in [0.05, 0.1) is 0 Å². The molecule has 0 saturated carbocycles. The van der Waals surface area contributed by atoms with Crippen molar-refractivity contribution < 1.29 is 4.42 Å². The number of rotatable bonds is 3. The van der Waals surface area contributed by atoms with E-state index in [4.69, 9.17) is 4.42 Å². The molecule has 0 amide bonds. The normalized spacial score (nSPS) is 18.2. The lowest BCUT2D eigenvalue weighted by atomic mass is 9.94. The zero-order chi connectivity index (χ0) is 12.4. The number of likely N-dealkylation sites (tertiary alicyclic amines) is 1. The van der Waals surface area contributed by atoms with Crippen molar-refractivity contribution in [3.05, 3.63) is 48.7 Å². The molecule has 0 unspecified atom stereocenters. The Morgan fingerprint density at radius 2 is 2.06 bits per heavy atom. The van der Waals surface area contributed by atoms with Crippen molar-refractivity contribution in [2.75, 3.05) is 19.6 Å². The van der Waals surface area contributed by atoms with Crippen LogP contribution in [0.1, 0.15) is 24.5 Å². The van der Waals surface area contributed by atoms with E-state index in [0.29, 0.717) is 5.92 Å². The van der Waals surface area contributed by atoms with Gasteiger partial charge in [0.1, 0.15) is 11.3 Å². The van der Waals surface area contributed by atoms with Crippen molar-refractivity contribution in [1.29, 1.82) is 0 Å². The molecule has 0 aliphatic carbocycles. The van der Waals surface area contributed by atoms with Crippen molar-refractivity contribution >= 4 is 11.0 Å². The van der Waals surface area contributed by atoms with Gasteiger partial charge in [-0.3, -0.25) is 4.90 Å². The van der Waals surface area contributed by atoms with Crippen molar-refractivity contribution in [3.63, 3.8) is 0 Å². The van der Waals surface area contributed by atoms with Crippen LogP contribution in [-0.2, 0) is 0 Å². The maximum Gasteiger partial charge on any atom is 0.134 e. The number of benzene rings is 1. The predicted octanol–water partition coefficient (Wildman–Crippen LogP) is 3.80. The Kier molecular flexibility index (Phi) is 3.20. The zero-order valence-electron chi connectivity index (χ0n) is 10.6. The molecule has 1 fully saturated rings. The topological polar surface area (TPSA) is 16.4 Å². The fourth-order valence-corrected chi connectivity index (χ4v) is 2.79. The van der Waals surface area contributed by atoms with E-state index in [9.17, 15) is 0 Å². The highest BCUT2D eigenvalue weighted by molar-refractivity contribution is 5.77. The Morgan fingerprint density at radius 1 is 1.28 bits per heavy atom. The van der Waals surface area contributed by atoms with E-state index in [1.54, 1.807) is 0 Å². The number of furan rings is 1. The number of hydrogen-bond acceptors (Lipinski definition) is 2. The largest absolute Gasteiger partial charge is 0.461 e. The molecule has 2 aromatic rings. The summed E-state index contributed by atoms with van der Waals surface area (Å²) in [6, 6.07) is 10.5. The van der Waals surface area contributed by atoms with Crippen molar-refractivity contribution in [2.24, 2.45) is 0 Å². The third-order valence-electron chi connectivity index (χ3n) is 3.82. The molecule has 0 spiro atoms. The molecule has 0 N–H and O–H groups in total. The molecule has 1 aromatic carbocycles. The van der Waals surface area contributed by atoms with Crippen LogP contribution < -0.4 is 0 Å². The summed E-state index contributed by atoms with van der Waals surface area (Å²) >= 11 is 0. The summed E-state index contributed by atoms with van der Waals surface area (Å²) in [5, 5.41) is 1.22. The average Bonchev–Trinajstić information content (AvgIpc) is 2.84. The summed E-state index contributed by atoms with van der Waals surface area (Å²) in [5.41, 5.74) is 1.01. The van der Waals surface area contributed by atoms with Crippen LogP contribution in [0.3, 0.4) is 0 Å². The van der Waals surface area contributed by atoms with Gasteiger partial charge < -0.3 is 4.42 Å². The molecule has 1 aliphatic rings. The number of nitrogens with zero attached hydrogens (tertiary/aromatic N) is 1. The van der Waals surface area contributed by atoms with Crippen LogP contribution in [-0.4, -0.2) is 24.5 Å². The van der Waals surface area contributed by atoms with Crippen molar-refractivity contribution in [3.8, 4) is 0 Å². The van der Waals surface area contributed by atoms with Gasteiger partial charge in [-0.15, -0.1) is 6.58 Å². The van der Waals surface area contributed by atoms with Crippen LogP contribution in [0.5, 0.6) is 0 Å². The summed E-state index contributed by atoms with van der Waals surface area (Å²) in [6.07, 6.45) is 4.36. The van der Waals surface area contributed by atoms with Gasteiger partial charge in [0.15, 0.2) is 0 Å². The molecule has 3 rings (SSSR count). The van der Waals surface area contributed by atoms with Gasteiger partial charge in [-0.25, -0.2) is 0 Å². The first-order chi connectivity index (χ1) is 8.86. The van der Waals surface area contributed by atoms with E-state index >= 15 is 0 Å². The van der Waals surface area contributed by atoms with E-state index in [1.165, 1.54) is 18.2 Å². The molecule has 2 heteroatoms. The second-order valence-electron chi connectivity index (χ2n) is 5.05. The summed E-state index contributed by atoms with van der Waals surface area (Å²) in [6.45, 7) is 7.10. The Labute approximate surface area is 108 Å². The third-order valence-corrected chi connectivity index (χ3v) is 3.82. The van der Waals surface area contributed by atoms with E-state index in [-0.39, 0.29) is 0 Å². The molecule has 94 valence electrons.